The van der Waals surface area contributed by atoms with Crippen LogP contribution in [0.15, 0.2) is 46.3 Å². The van der Waals surface area contributed by atoms with Crippen molar-refractivity contribution in [3.05, 3.63) is 69.3 Å². The number of aromatic nitrogens is 2. The lowest BCUT2D eigenvalue weighted by Crippen LogP contribution is -2.42. The second-order valence-electron chi connectivity index (χ2n) is 8.82. The van der Waals surface area contributed by atoms with E-state index in [0.29, 0.717) is 33.6 Å². The Labute approximate surface area is 206 Å². The molecule has 0 radical (unpaired) electrons. The Morgan fingerprint density at radius 1 is 1.22 bits per heavy atom. The van der Waals surface area contributed by atoms with Crippen LogP contribution in [0.5, 0.6) is 0 Å². The SMILES string of the molecule is CO/N=C1\c2cc(C#N)ccc2-n2c1nc1ccc(CNS(=O)(=O)NC(=O)OC(C)(C)C)cc1c2=O. The van der Waals surface area contributed by atoms with Crippen LogP contribution in [0.4, 0.5) is 4.79 Å². The van der Waals surface area contributed by atoms with Gasteiger partial charge in [-0.05, 0) is 56.7 Å². The van der Waals surface area contributed by atoms with Crippen molar-refractivity contribution in [1.82, 2.24) is 19.0 Å². The third-order valence-corrected chi connectivity index (χ3v) is 5.99. The Kier molecular flexibility index (Phi) is 6.25. The average molecular weight is 511 g/mol. The topological polar surface area (TPSA) is 165 Å². The molecule has 1 amide bonds. The lowest BCUT2D eigenvalue weighted by atomic mass is 10.1. The number of ether oxygens (including phenoxy) is 1. The quantitative estimate of drug-likeness (QED) is 0.384. The van der Waals surface area contributed by atoms with Gasteiger partial charge in [-0.2, -0.15) is 18.4 Å². The van der Waals surface area contributed by atoms with Gasteiger partial charge in [0.2, 0.25) is 0 Å². The van der Waals surface area contributed by atoms with Crippen LogP contribution in [0.25, 0.3) is 16.6 Å². The molecule has 2 heterocycles. The third kappa shape index (κ3) is 4.90. The van der Waals surface area contributed by atoms with Crippen molar-refractivity contribution >= 4 is 32.9 Å². The van der Waals surface area contributed by atoms with Gasteiger partial charge < -0.3 is 9.57 Å². The van der Waals surface area contributed by atoms with Crippen LogP contribution in [0.2, 0.25) is 0 Å². The van der Waals surface area contributed by atoms with Crippen LogP contribution >= 0.6 is 0 Å². The number of nitriles is 1. The highest BCUT2D eigenvalue weighted by atomic mass is 32.2. The molecule has 186 valence electrons. The largest absolute Gasteiger partial charge is 0.443 e. The number of oxime groups is 1. The monoisotopic (exact) mass is 510 g/mol. The maximum Gasteiger partial charge on any atom is 0.422 e. The lowest BCUT2D eigenvalue weighted by Gasteiger charge is -2.19. The summed E-state index contributed by atoms with van der Waals surface area (Å²) in [6.45, 7) is 4.62. The molecule has 0 bridgehead atoms. The molecule has 2 N–H and O–H groups in total. The summed E-state index contributed by atoms with van der Waals surface area (Å²) in [6, 6.07) is 11.6. The van der Waals surface area contributed by atoms with E-state index in [-0.39, 0.29) is 17.8 Å². The van der Waals surface area contributed by atoms with E-state index >= 15 is 0 Å². The molecule has 12 nitrogen and oxygen atoms in total. The fourth-order valence-corrected chi connectivity index (χ4v) is 4.33. The second kappa shape index (κ2) is 9.06. The van der Waals surface area contributed by atoms with Gasteiger partial charge in [0.05, 0.1) is 28.2 Å². The number of nitrogens with zero attached hydrogens (tertiary/aromatic N) is 4. The first-order valence-electron chi connectivity index (χ1n) is 10.6. The van der Waals surface area contributed by atoms with Gasteiger partial charge in [-0.15, -0.1) is 0 Å². The van der Waals surface area contributed by atoms with Crippen molar-refractivity contribution in [2.75, 3.05) is 7.11 Å². The maximum atomic E-state index is 13.5. The summed E-state index contributed by atoms with van der Waals surface area (Å²) in [5.41, 5.74) is 1.27. The summed E-state index contributed by atoms with van der Waals surface area (Å²) in [5, 5.41) is 13.5. The zero-order valence-corrected chi connectivity index (χ0v) is 20.6. The van der Waals surface area contributed by atoms with Crippen LogP contribution in [0, 0.1) is 11.3 Å². The zero-order valence-electron chi connectivity index (χ0n) is 19.8. The third-order valence-electron chi connectivity index (χ3n) is 5.03. The van der Waals surface area contributed by atoms with Gasteiger partial charge in [0, 0.05) is 12.1 Å². The van der Waals surface area contributed by atoms with E-state index in [1.54, 1.807) is 55.8 Å². The smallest absolute Gasteiger partial charge is 0.422 e. The highest BCUT2D eigenvalue weighted by molar-refractivity contribution is 7.88. The first-order valence-corrected chi connectivity index (χ1v) is 12.1. The van der Waals surface area contributed by atoms with Crippen molar-refractivity contribution in [3.63, 3.8) is 0 Å². The van der Waals surface area contributed by atoms with E-state index in [1.165, 1.54) is 17.7 Å². The first-order chi connectivity index (χ1) is 16.9. The predicted octanol–water partition coefficient (Wildman–Crippen LogP) is 1.83. The van der Waals surface area contributed by atoms with Crippen LogP contribution in [0.1, 0.15) is 43.3 Å². The molecule has 1 aliphatic heterocycles. The average Bonchev–Trinajstić information content (AvgIpc) is 3.09. The minimum Gasteiger partial charge on any atom is -0.443 e. The van der Waals surface area contributed by atoms with Gasteiger partial charge in [0.1, 0.15) is 12.7 Å². The molecule has 13 heteroatoms. The van der Waals surface area contributed by atoms with Gasteiger partial charge in [-0.1, -0.05) is 11.2 Å². The number of fused-ring (bicyclic) bond motifs is 4. The van der Waals surface area contributed by atoms with Crippen molar-refractivity contribution in [2.45, 2.75) is 32.9 Å². The normalized spacial score (nSPS) is 13.7. The standard InChI is InChI=1S/C23H22N6O6S/c1-23(2,3)35-22(31)28-36(32,33)25-12-14-5-7-17-15(10-14)21(30)29-18-8-6-13(11-24)9-16(18)19(27-34-4)20(29)26-17/h5-10,25H,12H2,1-4H3,(H,28,31)/b27-19+. The van der Waals surface area contributed by atoms with Gasteiger partial charge >= 0.3 is 16.3 Å². The fourth-order valence-electron chi connectivity index (χ4n) is 3.64. The molecular weight excluding hydrogens is 488 g/mol. The van der Waals surface area contributed by atoms with E-state index in [0.717, 1.165) is 0 Å². The van der Waals surface area contributed by atoms with Crippen LogP contribution < -0.4 is 15.0 Å². The molecular formula is C23H22N6O6S. The summed E-state index contributed by atoms with van der Waals surface area (Å²) < 4.78 is 34.8. The fraction of sp³-hybridized carbons (Fsp3) is 0.261. The molecule has 36 heavy (non-hydrogen) atoms. The molecule has 0 saturated carbocycles. The maximum absolute atomic E-state index is 13.5. The highest BCUT2D eigenvalue weighted by Gasteiger charge is 2.30. The molecule has 0 aliphatic carbocycles. The van der Waals surface area contributed by atoms with E-state index in [2.05, 4.69) is 20.9 Å². The van der Waals surface area contributed by atoms with Gasteiger partial charge in [-0.3, -0.25) is 9.36 Å². The Morgan fingerprint density at radius 2 is 1.97 bits per heavy atom. The Balaban J connectivity index is 1.67. The Bertz CT molecular complexity index is 1630. The number of amides is 1. The molecule has 0 spiro atoms. The van der Waals surface area contributed by atoms with E-state index in [1.807, 2.05) is 0 Å². The number of carbonyl (C=O) groups is 1. The zero-order chi connectivity index (χ0) is 26.3. The number of benzene rings is 2. The lowest BCUT2D eigenvalue weighted by molar-refractivity contribution is 0.0569. The van der Waals surface area contributed by atoms with Gasteiger partial charge in [0.25, 0.3) is 5.56 Å². The van der Waals surface area contributed by atoms with E-state index in [9.17, 15) is 23.3 Å². The number of carbonyl (C=O) groups excluding carboxylic acids is 1. The number of nitrogens with one attached hydrogen (secondary N) is 2. The molecule has 0 saturated heterocycles. The summed E-state index contributed by atoms with van der Waals surface area (Å²) in [6.07, 6.45) is -1.11. The molecule has 3 aromatic rings. The summed E-state index contributed by atoms with van der Waals surface area (Å²) in [7, 11) is -2.85. The van der Waals surface area contributed by atoms with E-state index in [4.69, 9.17) is 9.57 Å². The van der Waals surface area contributed by atoms with Crippen molar-refractivity contribution < 1.29 is 22.8 Å². The first kappa shape index (κ1) is 24.8. The minimum atomic E-state index is -4.21. The van der Waals surface area contributed by atoms with Crippen molar-refractivity contribution in [1.29, 1.82) is 5.26 Å². The van der Waals surface area contributed by atoms with E-state index < -0.39 is 27.5 Å². The number of hydrogen-bond donors (Lipinski definition) is 2. The summed E-state index contributed by atoms with van der Waals surface area (Å²) in [4.78, 5) is 34.8. The molecule has 4 rings (SSSR count). The van der Waals surface area contributed by atoms with Gasteiger partial charge in [-0.25, -0.2) is 14.5 Å². The molecule has 0 atom stereocenters. The summed E-state index contributed by atoms with van der Waals surface area (Å²) >= 11 is 0. The van der Waals surface area contributed by atoms with Crippen LogP contribution in [0.3, 0.4) is 0 Å². The molecule has 2 aromatic carbocycles. The molecule has 1 aromatic heterocycles. The highest BCUT2D eigenvalue weighted by Crippen LogP contribution is 2.28. The van der Waals surface area contributed by atoms with Crippen molar-refractivity contribution in [3.8, 4) is 11.8 Å². The molecule has 0 fully saturated rings. The minimum absolute atomic E-state index is 0.201. The predicted molar refractivity (Wildman–Crippen MR) is 130 cm³/mol. The van der Waals surface area contributed by atoms with Gasteiger partial charge in [0.15, 0.2) is 11.5 Å². The Hall–Kier alpha value is -4.28. The molecule has 1 aliphatic rings. The summed E-state index contributed by atoms with van der Waals surface area (Å²) in [5.74, 6) is 0.259. The van der Waals surface area contributed by atoms with Crippen LogP contribution in [-0.4, -0.2) is 42.5 Å². The van der Waals surface area contributed by atoms with Crippen molar-refractivity contribution in [2.24, 2.45) is 5.16 Å². The molecule has 0 unspecified atom stereocenters. The number of hydrogen-bond acceptors (Lipinski definition) is 9. The number of rotatable bonds is 5. The van der Waals surface area contributed by atoms with Crippen LogP contribution in [-0.2, 0) is 26.3 Å². The Morgan fingerprint density at radius 3 is 2.64 bits per heavy atom. The second-order valence-corrected chi connectivity index (χ2v) is 10.3.